The Morgan fingerprint density at radius 3 is 2.24 bits per heavy atom. The first-order valence-electron chi connectivity index (χ1n) is 14.3. The van der Waals surface area contributed by atoms with E-state index in [0.717, 1.165) is 44.9 Å². The van der Waals surface area contributed by atoms with Crippen LogP contribution in [0.2, 0.25) is 0 Å². The van der Waals surface area contributed by atoms with Crippen molar-refractivity contribution in [2.45, 2.75) is 129 Å². The van der Waals surface area contributed by atoms with Gasteiger partial charge < -0.3 is 25.4 Å². The predicted molar refractivity (Wildman–Crippen MR) is 148 cm³/mol. The zero-order chi connectivity index (χ0) is 28.0. The van der Waals surface area contributed by atoms with Crippen LogP contribution in [0, 0.1) is 12.8 Å². The third-order valence-corrected chi connectivity index (χ3v) is 7.43. The highest BCUT2D eigenvalue weighted by Gasteiger charge is 2.42. The second kappa shape index (κ2) is 12.9. The normalized spacial score (nSPS) is 18.3. The maximum atomic E-state index is 14.3. The van der Waals surface area contributed by atoms with E-state index in [0.29, 0.717) is 17.5 Å². The van der Waals surface area contributed by atoms with E-state index >= 15 is 0 Å². The first-order valence-corrected chi connectivity index (χ1v) is 14.3. The van der Waals surface area contributed by atoms with Crippen molar-refractivity contribution < 1.29 is 24.2 Å². The van der Waals surface area contributed by atoms with E-state index in [1.165, 1.54) is 6.42 Å². The lowest BCUT2D eigenvalue weighted by molar-refractivity contribution is -0.148. The van der Waals surface area contributed by atoms with Gasteiger partial charge in [0.1, 0.15) is 23.4 Å². The molecule has 2 aliphatic rings. The summed E-state index contributed by atoms with van der Waals surface area (Å²) in [4.78, 5) is 42.7. The van der Waals surface area contributed by atoms with Crippen LogP contribution in [0.25, 0.3) is 0 Å². The molecule has 3 amide bonds. The average Bonchev–Trinajstić information content (AvgIpc) is 2.78. The summed E-state index contributed by atoms with van der Waals surface area (Å²) < 4.78 is 5.47. The molecule has 2 saturated carbocycles. The van der Waals surface area contributed by atoms with Crippen molar-refractivity contribution in [2.75, 3.05) is 0 Å². The van der Waals surface area contributed by atoms with Gasteiger partial charge in [0.25, 0.3) is 0 Å². The summed E-state index contributed by atoms with van der Waals surface area (Å²) in [5, 5.41) is 16.2. The van der Waals surface area contributed by atoms with Crippen molar-refractivity contribution in [3.05, 3.63) is 29.3 Å². The molecular formula is C30H47N3O5. The summed E-state index contributed by atoms with van der Waals surface area (Å²) in [6.45, 7) is 11.1. The third kappa shape index (κ3) is 8.11. The van der Waals surface area contributed by atoms with Gasteiger partial charge in [0.2, 0.25) is 11.8 Å². The Morgan fingerprint density at radius 2 is 1.71 bits per heavy atom. The molecule has 0 heterocycles. The van der Waals surface area contributed by atoms with E-state index in [-0.39, 0.29) is 35.6 Å². The van der Waals surface area contributed by atoms with E-state index < -0.39 is 23.8 Å². The molecule has 2 unspecified atom stereocenters. The quantitative estimate of drug-likeness (QED) is 0.391. The van der Waals surface area contributed by atoms with Gasteiger partial charge in [-0.25, -0.2) is 4.79 Å². The number of alkyl carbamates (subject to hydrolysis) is 1. The Labute approximate surface area is 227 Å². The fraction of sp³-hybridized carbons (Fsp3) is 0.700. The summed E-state index contributed by atoms with van der Waals surface area (Å²) in [7, 11) is 0. The fourth-order valence-electron chi connectivity index (χ4n) is 5.32. The highest BCUT2D eigenvalue weighted by atomic mass is 16.6. The lowest BCUT2D eigenvalue weighted by Gasteiger charge is -2.44. The van der Waals surface area contributed by atoms with Crippen LogP contribution in [0.15, 0.2) is 18.2 Å². The minimum absolute atomic E-state index is 0.0849. The third-order valence-electron chi connectivity index (χ3n) is 7.43. The van der Waals surface area contributed by atoms with Gasteiger partial charge in [0.15, 0.2) is 0 Å². The van der Waals surface area contributed by atoms with Crippen molar-refractivity contribution in [1.29, 1.82) is 0 Å². The van der Waals surface area contributed by atoms with Crippen molar-refractivity contribution >= 4 is 17.9 Å². The van der Waals surface area contributed by atoms with Crippen molar-refractivity contribution in [3.63, 3.8) is 0 Å². The van der Waals surface area contributed by atoms with Gasteiger partial charge in [-0.1, -0.05) is 39.2 Å². The lowest BCUT2D eigenvalue weighted by Crippen LogP contribution is -2.58. The van der Waals surface area contributed by atoms with E-state index in [2.05, 4.69) is 10.6 Å². The number of aromatic hydroxyl groups is 1. The number of carbonyl (C=O) groups excluding carboxylic acids is 3. The minimum atomic E-state index is -0.857. The number of rotatable bonds is 9. The van der Waals surface area contributed by atoms with Crippen molar-refractivity contribution in [3.8, 4) is 5.75 Å². The molecule has 1 aromatic rings. The first kappa shape index (κ1) is 29.8. The Morgan fingerprint density at radius 1 is 1.05 bits per heavy atom. The van der Waals surface area contributed by atoms with Gasteiger partial charge in [-0.3, -0.25) is 9.59 Å². The molecule has 8 heteroatoms. The van der Waals surface area contributed by atoms with Gasteiger partial charge in [-0.2, -0.15) is 0 Å². The molecular weight excluding hydrogens is 482 g/mol. The molecule has 2 aliphatic carbocycles. The summed E-state index contributed by atoms with van der Waals surface area (Å²) in [6.07, 6.45) is 7.56. The van der Waals surface area contributed by atoms with Gasteiger partial charge >= 0.3 is 6.09 Å². The standard InChI is InChI=1S/C30H47N3O5/c1-19(2)17-24(32-29(37)38-30(4,5)6)28(36)33(23-13-10-14-23)26(21-15-16-25(34)20(3)18-21)27(35)31-22-11-8-7-9-12-22/h15-16,18-19,22-24,26,34H,7-14,17H2,1-6H3,(H,31,35)(H,32,37). The topological polar surface area (TPSA) is 108 Å². The SMILES string of the molecule is Cc1cc(C(C(=O)NC2CCCCC2)N(C(=O)C(CC(C)C)NC(=O)OC(C)(C)C)C2CCC2)ccc1O. The summed E-state index contributed by atoms with van der Waals surface area (Å²) in [6, 6.07) is 3.40. The molecule has 212 valence electrons. The van der Waals surface area contributed by atoms with Crippen LogP contribution in [0.3, 0.4) is 0 Å². The van der Waals surface area contributed by atoms with Crippen LogP contribution in [0.1, 0.15) is 110 Å². The molecule has 8 nitrogen and oxygen atoms in total. The van der Waals surface area contributed by atoms with Crippen LogP contribution in [-0.4, -0.2) is 51.6 Å². The number of nitrogens with zero attached hydrogens (tertiary/aromatic N) is 1. The number of benzene rings is 1. The number of aryl methyl sites for hydroxylation is 1. The lowest BCUT2D eigenvalue weighted by atomic mass is 9.87. The Hall–Kier alpha value is -2.77. The maximum Gasteiger partial charge on any atom is 0.408 e. The molecule has 2 fully saturated rings. The van der Waals surface area contributed by atoms with E-state index in [1.807, 2.05) is 13.8 Å². The minimum Gasteiger partial charge on any atom is -0.508 e. The van der Waals surface area contributed by atoms with E-state index in [1.54, 1.807) is 50.8 Å². The largest absolute Gasteiger partial charge is 0.508 e. The molecule has 0 saturated heterocycles. The fourth-order valence-corrected chi connectivity index (χ4v) is 5.32. The highest BCUT2D eigenvalue weighted by molar-refractivity contribution is 5.92. The summed E-state index contributed by atoms with van der Waals surface area (Å²) in [5.41, 5.74) is 0.605. The number of amides is 3. The predicted octanol–water partition coefficient (Wildman–Crippen LogP) is 5.51. The Balaban J connectivity index is 1.99. The van der Waals surface area contributed by atoms with Gasteiger partial charge in [0, 0.05) is 12.1 Å². The van der Waals surface area contributed by atoms with Gasteiger partial charge in [-0.15, -0.1) is 0 Å². The van der Waals surface area contributed by atoms with Crippen LogP contribution in [0.4, 0.5) is 4.79 Å². The molecule has 0 bridgehead atoms. The molecule has 3 rings (SSSR count). The summed E-state index contributed by atoms with van der Waals surface area (Å²) >= 11 is 0. The van der Waals surface area contributed by atoms with Crippen molar-refractivity contribution in [1.82, 2.24) is 15.5 Å². The van der Waals surface area contributed by atoms with E-state index in [4.69, 9.17) is 4.74 Å². The maximum absolute atomic E-state index is 14.3. The van der Waals surface area contributed by atoms with Crippen molar-refractivity contribution in [2.24, 2.45) is 5.92 Å². The highest BCUT2D eigenvalue weighted by Crippen LogP contribution is 2.36. The molecule has 0 radical (unpaired) electrons. The zero-order valence-corrected chi connectivity index (χ0v) is 24.0. The van der Waals surface area contributed by atoms with Crippen LogP contribution < -0.4 is 10.6 Å². The van der Waals surface area contributed by atoms with Gasteiger partial charge in [-0.05, 0) is 95.4 Å². The van der Waals surface area contributed by atoms with Crippen LogP contribution in [-0.2, 0) is 14.3 Å². The Bertz CT molecular complexity index is 977. The monoisotopic (exact) mass is 529 g/mol. The Kier molecular flexibility index (Phi) is 10.1. The number of hydrogen-bond acceptors (Lipinski definition) is 5. The second-order valence-corrected chi connectivity index (χ2v) is 12.5. The number of carbonyl (C=O) groups is 3. The van der Waals surface area contributed by atoms with E-state index in [9.17, 15) is 19.5 Å². The summed E-state index contributed by atoms with van der Waals surface area (Å²) in [5.74, 6) is -0.204. The average molecular weight is 530 g/mol. The number of phenols is 1. The molecule has 0 spiro atoms. The molecule has 0 aromatic heterocycles. The molecule has 0 aliphatic heterocycles. The number of nitrogens with one attached hydrogen (secondary N) is 2. The number of phenolic OH excluding ortho intramolecular Hbond substituents is 1. The first-order chi connectivity index (χ1) is 17.9. The molecule has 2 atom stereocenters. The van der Waals surface area contributed by atoms with Crippen LogP contribution >= 0.6 is 0 Å². The van der Waals surface area contributed by atoms with Gasteiger partial charge in [0.05, 0.1) is 0 Å². The zero-order valence-electron chi connectivity index (χ0n) is 24.0. The smallest absolute Gasteiger partial charge is 0.408 e. The molecule has 38 heavy (non-hydrogen) atoms. The van der Waals surface area contributed by atoms with Crippen LogP contribution in [0.5, 0.6) is 5.75 Å². The molecule has 1 aromatic carbocycles. The second-order valence-electron chi connectivity index (χ2n) is 12.5. The number of hydrogen-bond donors (Lipinski definition) is 3. The molecule has 3 N–H and O–H groups in total. The number of ether oxygens (including phenoxy) is 1.